The average Bonchev–Trinajstić information content (AvgIpc) is 2.37. The van der Waals surface area contributed by atoms with E-state index in [4.69, 9.17) is 5.26 Å². The van der Waals surface area contributed by atoms with Crippen molar-refractivity contribution in [2.45, 2.75) is 31.6 Å². The first-order valence-corrected chi connectivity index (χ1v) is 7.46. The molecule has 0 bridgehead atoms. The summed E-state index contributed by atoms with van der Waals surface area (Å²) in [6.07, 6.45) is 1.98. The molecule has 4 nitrogen and oxygen atoms in total. The summed E-state index contributed by atoms with van der Waals surface area (Å²) in [5.41, 5.74) is 1.13. The summed E-state index contributed by atoms with van der Waals surface area (Å²) >= 11 is 0. The van der Waals surface area contributed by atoms with Crippen molar-refractivity contribution in [3.05, 3.63) is 29.8 Å². The molecule has 0 fully saturated rings. The number of sulfonamides is 1. The van der Waals surface area contributed by atoms with Gasteiger partial charge in [0.2, 0.25) is 10.0 Å². The molecule has 1 rings (SSSR count). The summed E-state index contributed by atoms with van der Waals surface area (Å²) in [4.78, 5) is 0.243. The molecular weight excluding hydrogens is 248 g/mol. The van der Waals surface area contributed by atoms with Gasteiger partial charge in [-0.1, -0.05) is 25.5 Å². The molecule has 1 aromatic rings. The Morgan fingerprint density at radius 3 is 2.44 bits per heavy atom. The molecule has 0 spiro atoms. The highest BCUT2D eigenvalue weighted by atomic mass is 32.2. The van der Waals surface area contributed by atoms with E-state index in [1.54, 1.807) is 19.1 Å². The summed E-state index contributed by atoms with van der Waals surface area (Å²) in [5.74, 6) is -0.334. The van der Waals surface area contributed by atoms with Crippen LogP contribution in [0.25, 0.3) is 0 Å². The van der Waals surface area contributed by atoms with Gasteiger partial charge in [0.05, 0.1) is 16.9 Å². The minimum Gasteiger partial charge on any atom is -0.210 e. The summed E-state index contributed by atoms with van der Waals surface area (Å²) in [6, 6.07) is 8.84. The van der Waals surface area contributed by atoms with Crippen molar-refractivity contribution >= 4 is 10.0 Å². The normalized spacial score (nSPS) is 12.9. The van der Waals surface area contributed by atoms with Crippen LogP contribution < -0.4 is 4.72 Å². The summed E-state index contributed by atoms with van der Waals surface area (Å²) in [6.45, 7) is 3.89. The van der Waals surface area contributed by atoms with Crippen LogP contribution in [-0.2, 0) is 16.4 Å². The predicted molar refractivity (Wildman–Crippen MR) is 70.4 cm³/mol. The van der Waals surface area contributed by atoms with E-state index in [2.05, 4.69) is 11.6 Å². The van der Waals surface area contributed by atoms with Gasteiger partial charge in [-0.15, -0.1) is 0 Å². The lowest BCUT2D eigenvalue weighted by Crippen LogP contribution is -2.27. The number of nitriles is 1. The second-order valence-corrected chi connectivity index (χ2v) is 6.04. The van der Waals surface area contributed by atoms with Crippen LogP contribution in [0.1, 0.15) is 25.8 Å². The van der Waals surface area contributed by atoms with Crippen molar-refractivity contribution in [2.75, 3.05) is 6.54 Å². The quantitative estimate of drug-likeness (QED) is 0.857. The zero-order valence-corrected chi connectivity index (χ0v) is 11.5. The summed E-state index contributed by atoms with van der Waals surface area (Å²) < 4.78 is 26.2. The standard InChI is InChI=1S/C13H18N2O2S/c1-3-4-12-5-7-13(8-6-12)18(16,17)15-10-11(2)9-14/h5-8,11,15H,3-4,10H2,1-2H3. The minimum atomic E-state index is -3.50. The molecule has 5 heteroatoms. The van der Waals surface area contributed by atoms with Gasteiger partial charge in [-0.3, -0.25) is 0 Å². The Bertz CT molecular complexity index is 515. The van der Waals surface area contributed by atoms with Gasteiger partial charge in [-0.25, -0.2) is 13.1 Å². The van der Waals surface area contributed by atoms with E-state index in [1.165, 1.54) is 0 Å². The number of hydrogen-bond acceptors (Lipinski definition) is 3. The third kappa shape index (κ3) is 4.13. The molecule has 0 aliphatic carbocycles. The Kier molecular flexibility index (Phi) is 5.32. The van der Waals surface area contributed by atoms with E-state index < -0.39 is 10.0 Å². The number of rotatable bonds is 6. The molecule has 1 atom stereocenters. The maximum atomic E-state index is 11.9. The SMILES string of the molecule is CCCc1ccc(S(=O)(=O)NCC(C)C#N)cc1. The zero-order valence-electron chi connectivity index (χ0n) is 10.7. The second kappa shape index (κ2) is 6.53. The topological polar surface area (TPSA) is 70.0 Å². The van der Waals surface area contributed by atoms with Crippen LogP contribution in [0.3, 0.4) is 0 Å². The molecule has 0 aromatic heterocycles. The number of nitrogens with one attached hydrogen (secondary N) is 1. The Morgan fingerprint density at radius 2 is 1.94 bits per heavy atom. The van der Waals surface area contributed by atoms with Crippen molar-refractivity contribution in [3.8, 4) is 6.07 Å². The monoisotopic (exact) mass is 266 g/mol. The van der Waals surface area contributed by atoms with Crippen LogP contribution in [0.5, 0.6) is 0 Å². The van der Waals surface area contributed by atoms with Crippen LogP contribution in [-0.4, -0.2) is 15.0 Å². The van der Waals surface area contributed by atoms with Gasteiger partial charge >= 0.3 is 0 Å². The molecule has 0 radical (unpaired) electrons. The largest absolute Gasteiger partial charge is 0.240 e. The fraction of sp³-hybridized carbons (Fsp3) is 0.462. The molecule has 1 N–H and O–H groups in total. The maximum absolute atomic E-state index is 11.9. The van der Waals surface area contributed by atoms with Crippen LogP contribution >= 0.6 is 0 Å². The lowest BCUT2D eigenvalue weighted by molar-refractivity contribution is 0.573. The molecule has 0 saturated heterocycles. The molecule has 18 heavy (non-hydrogen) atoms. The molecule has 0 amide bonds. The Balaban J connectivity index is 2.76. The van der Waals surface area contributed by atoms with E-state index in [9.17, 15) is 8.42 Å². The highest BCUT2D eigenvalue weighted by Gasteiger charge is 2.14. The first-order chi connectivity index (χ1) is 8.49. The maximum Gasteiger partial charge on any atom is 0.240 e. The smallest absolute Gasteiger partial charge is 0.210 e. The molecule has 0 heterocycles. The average molecular weight is 266 g/mol. The van der Waals surface area contributed by atoms with Crippen molar-refractivity contribution in [1.29, 1.82) is 5.26 Å². The fourth-order valence-electron chi connectivity index (χ4n) is 1.49. The number of hydrogen-bond donors (Lipinski definition) is 1. The minimum absolute atomic E-state index is 0.134. The van der Waals surface area contributed by atoms with E-state index in [-0.39, 0.29) is 17.4 Å². The first-order valence-electron chi connectivity index (χ1n) is 5.98. The van der Waals surface area contributed by atoms with Gasteiger partial charge in [0.25, 0.3) is 0 Å². The second-order valence-electron chi connectivity index (χ2n) is 4.28. The van der Waals surface area contributed by atoms with Gasteiger partial charge in [0, 0.05) is 6.54 Å². The fourth-order valence-corrected chi connectivity index (χ4v) is 2.62. The number of aryl methyl sites for hydroxylation is 1. The van der Waals surface area contributed by atoms with E-state index >= 15 is 0 Å². The van der Waals surface area contributed by atoms with Crippen molar-refractivity contribution in [1.82, 2.24) is 4.72 Å². The molecular formula is C13H18N2O2S. The van der Waals surface area contributed by atoms with E-state index in [0.29, 0.717) is 0 Å². The van der Waals surface area contributed by atoms with Gasteiger partial charge in [-0.2, -0.15) is 5.26 Å². The lowest BCUT2D eigenvalue weighted by Gasteiger charge is -2.08. The molecule has 0 saturated carbocycles. The van der Waals surface area contributed by atoms with Gasteiger partial charge in [0.15, 0.2) is 0 Å². The molecule has 1 unspecified atom stereocenters. The Hall–Kier alpha value is -1.38. The molecule has 98 valence electrons. The number of benzene rings is 1. The zero-order chi connectivity index (χ0) is 13.6. The third-order valence-corrected chi connectivity index (χ3v) is 4.01. The van der Waals surface area contributed by atoms with Gasteiger partial charge < -0.3 is 0 Å². The van der Waals surface area contributed by atoms with E-state index in [1.807, 2.05) is 18.2 Å². The summed E-state index contributed by atoms with van der Waals surface area (Å²) in [5, 5.41) is 8.61. The van der Waals surface area contributed by atoms with Gasteiger partial charge in [-0.05, 0) is 31.0 Å². The Labute approximate surface area is 109 Å². The van der Waals surface area contributed by atoms with Crippen molar-refractivity contribution in [2.24, 2.45) is 5.92 Å². The van der Waals surface area contributed by atoms with Crippen LogP contribution in [0, 0.1) is 17.2 Å². The third-order valence-electron chi connectivity index (χ3n) is 2.57. The first kappa shape index (κ1) is 14.7. The lowest BCUT2D eigenvalue weighted by atomic mass is 10.1. The highest BCUT2D eigenvalue weighted by molar-refractivity contribution is 7.89. The molecule has 1 aromatic carbocycles. The van der Waals surface area contributed by atoms with Crippen LogP contribution in [0.4, 0.5) is 0 Å². The van der Waals surface area contributed by atoms with E-state index in [0.717, 1.165) is 18.4 Å². The van der Waals surface area contributed by atoms with Crippen LogP contribution in [0.2, 0.25) is 0 Å². The van der Waals surface area contributed by atoms with Crippen LogP contribution in [0.15, 0.2) is 29.2 Å². The van der Waals surface area contributed by atoms with Crippen molar-refractivity contribution in [3.63, 3.8) is 0 Å². The summed E-state index contributed by atoms with van der Waals surface area (Å²) in [7, 11) is -3.50. The van der Waals surface area contributed by atoms with Gasteiger partial charge in [0.1, 0.15) is 0 Å². The molecule has 0 aliphatic heterocycles. The molecule has 0 aliphatic rings. The Morgan fingerprint density at radius 1 is 1.33 bits per heavy atom. The predicted octanol–water partition coefficient (Wildman–Crippen LogP) is 2.08. The highest BCUT2D eigenvalue weighted by Crippen LogP contribution is 2.12. The number of nitrogens with zero attached hydrogens (tertiary/aromatic N) is 1. The van der Waals surface area contributed by atoms with Crippen molar-refractivity contribution < 1.29 is 8.42 Å².